The van der Waals surface area contributed by atoms with Gasteiger partial charge in [-0.05, 0) is 36.5 Å². The van der Waals surface area contributed by atoms with Crippen molar-refractivity contribution in [2.45, 2.75) is 26.3 Å². The maximum Gasteiger partial charge on any atom is 0.317 e. The summed E-state index contributed by atoms with van der Waals surface area (Å²) in [5.41, 5.74) is 0.786. The Kier molecular flexibility index (Phi) is 4.18. The minimum Gasteiger partial charge on any atom is -0.334 e. The van der Waals surface area contributed by atoms with E-state index in [-0.39, 0.29) is 11.8 Å². The van der Waals surface area contributed by atoms with Crippen molar-refractivity contribution in [2.24, 2.45) is 5.92 Å². The lowest BCUT2D eigenvalue weighted by atomic mass is 10.0. The van der Waals surface area contributed by atoms with Crippen LogP contribution in [0.3, 0.4) is 0 Å². The van der Waals surface area contributed by atoms with Gasteiger partial charge in [-0.2, -0.15) is 0 Å². The van der Waals surface area contributed by atoms with Crippen molar-refractivity contribution in [3.8, 4) is 0 Å². The Hall–Kier alpha value is -1.58. The average Bonchev–Trinajstić information content (AvgIpc) is 2.36. The van der Waals surface area contributed by atoms with E-state index < -0.39 is 0 Å². The van der Waals surface area contributed by atoms with Crippen molar-refractivity contribution >= 4 is 6.03 Å². The predicted octanol–water partition coefficient (Wildman–Crippen LogP) is 2.77. The van der Waals surface area contributed by atoms with E-state index in [2.05, 4.69) is 12.2 Å². The van der Waals surface area contributed by atoms with Crippen LogP contribution in [-0.4, -0.2) is 24.0 Å². The van der Waals surface area contributed by atoms with Gasteiger partial charge >= 0.3 is 6.03 Å². The number of hydrogen-bond donors (Lipinski definition) is 1. The number of halogens is 1. The number of likely N-dealkylation sites (tertiary alicyclic amines) is 1. The van der Waals surface area contributed by atoms with Gasteiger partial charge in [0, 0.05) is 19.6 Å². The predicted molar refractivity (Wildman–Crippen MR) is 68.6 cm³/mol. The molecule has 1 atom stereocenters. The molecule has 2 rings (SSSR count). The molecule has 3 nitrogen and oxygen atoms in total. The van der Waals surface area contributed by atoms with Crippen LogP contribution in [0.5, 0.6) is 0 Å². The highest BCUT2D eigenvalue weighted by Crippen LogP contribution is 2.15. The van der Waals surface area contributed by atoms with Gasteiger partial charge in [0.1, 0.15) is 5.82 Å². The number of nitrogens with one attached hydrogen (secondary N) is 1. The minimum atomic E-state index is -0.270. The number of carbonyl (C=O) groups excluding carboxylic acids is 1. The van der Waals surface area contributed by atoms with E-state index in [0.717, 1.165) is 25.1 Å². The number of piperidine rings is 1. The van der Waals surface area contributed by atoms with Gasteiger partial charge < -0.3 is 10.2 Å². The van der Waals surface area contributed by atoms with Crippen molar-refractivity contribution < 1.29 is 9.18 Å². The number of benzene rings is 1. The largest absolute Gasteiger partial charge is 0.334 e. The van der Waals surface area contributed by atoms with Crippen molar-refractivity contribution in [1.82, 2.24) is 10.2 Å². The number of carbonyl (C=O) groups is 1. The topological polar surface area (TPSA) is 32.3 Å². The summed E-state index contributed by atoms with van der Waals surface area (Å²) < 4.78 is 13.0. The first-order valence-corrected chi connectivity index (χ1v) is 6.42. The van der Waals surface area contributed by atoms with Crippen molar-refractivity contribution in [3.63, 3.8) is 0 Å². The molecular weight excluding hydrogens is 231 g/mol. The normalized spacial score (nSPS) is 19.7. The molecule has 1 heterocycles. The van der Waals surface area contributed by atoms with E-state index >= 15 is 0 Å². The van der Waals surface area contributed by atoms with Crippen LogP contribution in [0.25, 0.3) is 0 Å². The molecule has 4 heteroatoms. The van der Waals surface area contributed by atoms with Gasteiger partial charge in [0.25, 0.3) is 0 Å². The highest BCUT2D eigenvalue weighted by atomic mass is 19.1. The molecule has 1 aliphatic heterocycles. The maximum atomic E-state index is 13.0. The zero-order valence-electron chi connectivity index (χ0n) is 10.7. The minimum absolute atomic E-state index is 0.0502. The van der Waals surface area contributed by atoms with Gasteiger partial charge in [0.15, 0.2) is 0 Å². The fourth-order valence-electron chi connectivity index (χ4n) is 2.31. The molecule has 0 bridgehead atoms. The molecule has 98 valence electrons. The number of urea groups is 1. The first-order valence-electron chi connectivity index (χ1n) is 6.42. The Morgan fingerprint density at radius 2 is 2.39 bits per heavy atom. The van der Waals surface area contributed by atoms with Crippen LogP contribution in [0.4, 0.5) is 9.18 Å². The second-order valence-electron chi connectivity index (χ2n) is 4.98. The van der Waals surface area contributed by atoms with Gasteiger partial charge in [-0.25, -0.2) is 9.18 Å². The SMILES string of the molecule is CC1CCCN(C(=O)NCc2cccc(F)c2)C1. The fraction of sp³-hybridized carbons (Fsp3) is 0.500. The molecule has 0 aromatic heterocycles. The second kappa shape index (κ2) is 5.85. The maximum absolute atomic E-state index is 13.0. The van der Waals surface area contributed by atoms with Crippen LogP contribution in [-0.2, 0) is 6.54 Å². The Balaban J connectivity index is 1.84. The molecule has 0 saturated carbocycles. The van der Waals surface area contributed by atoms with E-state index in [9.17, 15) is 9.18 Å². The first-order chi connectivity index (χ1) is 8.65. The standard InChI is InChI=1S/C14H19FN2O/c1-11-4-3-7-17(10-11)14(18)16-9-12-5-2-6-13(15)8-12/h2,5-6,8,11H,3-4,7,9-10H2,1H3,(H,16,18). The lowest BCUT2D eigenvalue weighted by Gasteiger charge is -2.30. The molecule has 1 aliphatic rings. The summed E-state index contributed by atoms with van der Waals surface area (Å²) >= 11 is 0. The molecule has 18 heavy (non-hydrogen) atoms. The van der Waals surface area contributed by atoms with Crippen molar-refractivity contribution in [2.75, 3.05) is 13.1 Å². The Morgan fingerprint density at radius 1 is 1.56 bits per heavy atom. The zero-order valence-corrected chi connectivity index (χ0v) is 10.7. The van der Waals surface area contributed by atoms with E-state index in [1.54, 1.807) is 6.07 Å². The van der Waals surface area contributed by atoms with Gasteiger partial charge in [0.2, 0.25) is 0 Å². The lowest BCUT2D eigenvalue weighted by Crippen LogP contribution is -2.44. The van der Waals surface area contributed by atoms with E-state index in [4.69, 9.17) is 0 Å². The van der Waals surface area contributed by atoms with Crippen LogP contribution in [0, 0.1) is 11.7 Å². The molecule has 0 radical (unpaired) electrons. The summed E-state index contributed by atoms with van der Waals surface area (Å²) in [5.74, 6) is 0.298. The quantitative estimate of drug-likeness (QED) is 0.860. The smallest absolute Gasteiger partial charge is 0.317 e. The number of nitrogens with zero attached hydrogens (tertiary/aromatic N) is 1. The highest BCUT2D eigenvalue weighted by Gasteiger charge is 2.20. The average molecular weight is 250 g/mol. The molecule has 1 aromatic carbocycles. The Bertz CT molecular complexity index is 422. The van der Waals surface area contributed by atoms with E-state index in [1.165, 1.54) is 18.6 Å². The third-order valence-corrected chi connectivity index (χ3v) is 3.28. The van der Waals surface area contributed by atoms with Crippen LogP contribution in [0.1, 0.15) is 25.3 Å². The molecule has 1 saturated heterocycles. The summed E-state index contributed by atoms with van der Waals surface area (Å²) in [6, 6.07) is 6.25. The van der Waals surface area contributed by atoms with Crippen molar-refractivity contribution in [1.29, 1.82) is 0 Å². The number of rotatable bonds is 2. The monoisotopic (exact) mass is 250 g/mol. The van der Waals surface area contributed by atoms with Crippen LogP contribution in [0.2, 0.25) is 0 Å². The summed E-state index contributed by atoms with van der Waals surface area (Å²) in [7, 11) is 0. The molecule has 1 aromatic rings. The third kappa shape index (κ3) is 3.45. The third-order valence-electron chi connectivity index (χ3n) is 3.28. The van der Waals surface area contributed by atoms with E-state index in [0.29, 0.717) is 12.5 Å². The fourth-order valence-corrected chi connectivity index (χ4v) is 2.31. The zero-order chi connectivity index (χ0) is 13.0. The van der Waals surface area contributed by atoms with Gasteiger partial charge in [-0.1, -0.05) is 19.1 Å². The van der Waals surface area contributed by atoms with Gasteiger partial charge in [-0.3, -0.25) is 0 Å². The summed E-state index contributed by atoms with van der Waals surface area (Å²) in [4.78, 5) is 13.8. The summed E-state index contributed by atoms with van der Waals surface area (Å²) in [6.07, 6.45) is 2.25. The van der Waals surface area contributed by atoms with Crippen LogP contribution >= 0.6 is 0 Å². The molecule has 0 spiro atoms. The van der Waals surface area contributed by atoms with Gasteiger partial charge in [0.05, 0.1) is 0 Å². The highest BCUT2D eigenvalue weighted by molar-refractivity contribution is 5.74. The molecule has 1 unspecified atom stereocenters. The summed E-state index contributed by atoms with van der Waals surface area (Å²) in [5, 5.41) is 2.84. The lowest BCUT2D eigenvalue weighted by molar-refractivity contribution is 0.169. The molecule has 2 amide bonds. The molecule has 1 fully saturated rings. The van der Waals surface area contributed by atoms with Gasteiger partial charge in [-0.15, -0.1) is 0 Å². The number of hydrogen-bond acceptors (Lipinski definition) is 1. The summed E-state index contributed by atoms with van der Waals surface area (Å²) in [6.45, 7) is 4.17. The molecule has 0 aliphatic carbocycles. The van der Waals surface area contributed by atoms with Crippen LogP contribution in [0.15, 0.2) is 24.3 Å². The molecular formula is C14H19FN2O. The Labute approximate surface area is 107 Å². The molecule has 1 N–H and O–H groups in total. The number of amides is 2. The van der Waals surface area contributed by atoms with E-state index in [1.807, 2.05) is 11.0 Å². The van der Waals surface area contributed by atoms with Crippen molar-refractivity contribution in [3.05, 3.63) is 35.6 Å². The van der Waals surface area contributed by atoms with Crippen LogP contribution < -0.4 is 5.32 Å². The second-order valence-corrected chi connectivity index (χ2v) is 4.98. The Morgan fingerprint density at radius 3 is 3.11 bits per heavy atom. The first kappa shape index (κ1) is 12.9.